The van der Waals surface area contributed by atoms with Crippen molar-refractivity contribution in [2.75, 3.05) is 19.7 Å². The van der Waals surface area contributed by atoms with E-state index in [9.17, 15) is 9.59 Å². The summed E-state index contributed by atoms with van der Waals surface area (Å²) in [5.41, 5.74) is 1.70. The summed E-state index contributed by atoms with van der Waals surface area (Å²) >= 11 is 1.58. The van der Waals surface area contributed by atoms with E-state index in [1.807, 2.05) is 36.6 Å². The van der Waals surface area contributed by atoms with E-state index in [2.05, 4.69) is 4.98 Å². The highest BCUT2D eigenvalue weighted by Crippen LogP contribution is 2.17. The van der Waals surface area contributed by atoms with Gasteiger partial charge in [0.15, 0.2) is 6.10 Å². The average molecular weight is 388 g/mol. The Bertz CT molecular complexity index is 848. The van der Waals surface area contributed by atoms with E-state index < -0.39 is 12.1 Å². The van der Waals surface area contributed by atoms with Crippen LogP contribution in [-0.4, -0.2) is 52.7 Å². The summed E-state index contributed by atoms with van der Waals surface area (Å²) in [5.74, 6) is -0.613. The van der Waals surface area contributed by atoms with Gasteiger partial charge in [-0.25, -0.2) is 9.78 Å². The van der Waals surface area contributed by atoms with Crippen molar-refractivity contribution in [3.8, 4) is 5.75 Å². The molecule has 1 fully saturated rings. The van der Waals surface area contributed by atoms with Crippen LogP contribution in [0, 0.1) is 6.92 Å². The molecule has 0 spiro atoms. The molecule has 2 aromatic rings. The van der Waals surface area contributed by atoms with Crippen molar-refractivity contribution in [1.82, 2.24) is 9.88 Å². The zero-order valence-electron chi connectivity index (χ0n) is 14.8. The molecule has 1 N–H and O–H groups in total. The molecule has 0 bridgehead atoms. The Labute approximate surface area is 160 Å². The molecular weight excluding hydrogens is 368 g/mol. The number of morpholine rings is 1. The van der Waals surface area contributed by atoms with Crippen LogP contribution in [-0.2, 0) is 20.9 Å². The molecule has 0 radical (unpaired) electrons. The number of nitrogens with zero attached hydrogens (tertiary/aromatic N) is 2. The standard InChI is InChI=1S/C19H20N2O5S/c1-13-20-15(12-27-13)11-26-16-4-2-3-14(9-16)5-6-18(22)21-7-8-25-17(10-21)19(23)24/h2-6,9,12,17H,7-8,10-11H2,1H3,(H,23,24). The summed E-state index contributed by atoms with van der Waals surface area (Å²) in [4.78, 5) is 29.1. The van der Waals surface area contributed by atoms with Gasteiger partial charge in [-0.2, -0.15) is 0 Å². The lowest BCUT2D eigenvalue weighted by Gasteiger charge is -2.30. The van der Waals surface area contributed by atoms with E-state index >= 15 is 0 Å². The lowest BCUT2D eigenvalue weighted by molar-refractivity contribution is -0.158. The molecule has 0 saturated carbocycles. The molecule has 3 rings (SSSR count). The molecule has 8 heteroatoms. The Hall–Kier alpha value is -2.71. The molecule has 2 heterocycles. The summed E-state index contributed by atoms with van der Waals surface area (Å²) in [6, 6.07) is 7.39. The number of carboxylic acid groups (broad SMARTS) is 1. The molecule has 1 aliphatic rings. The van der Waals surface area contributed by atoms with Gasteiger partial charge < -0.3 is 19.5 Å². The van der Waals surface area contributed by atoms with Crippen LogP contribution >= 0.6 is 11.3 Å². The highest BCUT2D eigenvalue weighted by Gasteiger charge is 2.27. The maximum Gasteiger partial charge on any atom is 0.334 e. The molecule has 1 saturated heterocycles. The van der Waals surface area contributed by atoms with Gasteiger partial charge in [0.2, 0.25) is 5.91 Å². The van der Waals surface area contributed by atoms with E-state index in [-0.39, 0.29) is 19.1 Å². The van der Waals surface area contributed by atoms with Gasteiger partial charge >= 0.3 is 5.97 Å². The highest BCUT2D eigenvalue weighted by atomic mass is 32.1. The molecule has 1 amide bonds. The Kier molecular flexibility index (Phi) is 6.20. The number of aryl methyl sites for hydroxylation is 1. The normalized spacial score (nSPS) is 17.2. The topological polar surface area (TPSA) is 89.0 Å². The van der Waals surface area contributed by atoms with Crippen LogP contribution in [0.1, 0.15) is 16.3 Å². The number of amides is 1. The van der Waals surface area contributed by atoms with Crippen molar-refractivity contribution >= 4 is 29.3 Å². The van der Waals surface area contributed by atoms with Crippen molar-refractivity contribution < 1.29 is 24.2 Å². The number of aromatic nitrogens is 1. The molecule has 1 aliphatic heterocycles. The van der Waals surface area contributed by atoms with Crippen LogP contribution in [0.5, 0.6) is 5.75 Å². The van der Waals surface area contributed by atoms with Gasteiger partial charge in [0.05, 0.1) is 23.9 Å². The fourth-order valence-electron chi connectivity index (χ4n) is 2.61. The fourth-order valence-corrected chi connectivity index (χ4v) is 3.21. The number of thiazole rings is 1. The summed E-state index contributed by atoms with van der Waals surface area (Å²) in [7, 11) is 0. The number of carbonyl (C=O) groups is 2. The maximum absolute atomic E-state index is 12.3. The minimum Gasteiger partial charge on any atom is -0.487 e. The first-order chi connectivity index (χ1) is 13.0. The molecule has 1 aromatic heterocycles. The third-order valence-electron chi connectivity index (χ3n) is 3.98. The number of ether oxygens (including phenoxy) is 2. The van der Waals surface area contributed by atoms with Crippen molar-refractivity contribution in [3.63, 3.8) is 0 Å². The first-order valence-electron chi connectivity index (χ1n) is 8.46. The number of rotatable bonds is 6. The van der Waals surface area contributed by atoms with Crippen molar-refractivity contribution in [1.29, 1.82) is 0 Å². The van der Waals surface area contributed by atoms with Crippen LogP contribution < -0.4 is 4.74 Å². The van der Waals surface area contributed by atoms with Gasteiger partial charge in [0.25, 0.3) is 0 Å². The number of carboxylic acids is 1. The third-order valence-corrected chi connectivity index (χ3v) is 4.81. The Balaban J connectivity index is 1.58. The second-order valence-electron chi connectivity index (χ2n) is 6.03. The fraction of sp³-hybridized carbons (Fsp3) is 0.316. The van der Waals surface area contributed by atoms with Gasteiger partial charge in [0.1, 0.15) is 12.4 Å². The van der Waals surface area contributed by atoms with Crippen LogP contribution in [0.25, 0.3) is 6.08 Å². The average Bonchev–Trinajstić information content (AvgIpc) is 3.10. The predicted octanol–water partition coefficient (Wildman–Crippen LogP) is 2.36. The second-order valence-corrected chi connectivity index (χ2v) is 7.10. The zero-order chi connectivity index (χ0) is 19.2. The monoisotopic (exact) mass is 388 g/mol. The van der Waals surface area contributed by atoms with Gasteiger partial charge in [-0.3, -0.25) is 4.79 Å². The number of benzene rings is 1. The van der Waals surface area contributed by atoms with E-state index in [1.54, 1.807) is 17.4 Å². The molecular formula is C19H20N2O5S. The quantitative estimate of drug-likeness (QED) is 0.764. The smallest absolute Gasteiger partial charge is 0.334 e. The molecule has 0 aliphatic carbocycles. The first kappa shape index (κ1) is 19.1. The molecule has 27 heavy (non-hydrogen) atoms. The van der Waals surface area contributed by atoms with Crippen LogP contribution in [0.4, 0.5) is 0 Å². The number of carbonyl (C=O) groups excluding carboxylic acids is 1. The van der Waals surface area contributed by atoms with Crippen LogP contribution in [0.15, 0.2) is 35.7 Å². The van der Waals surface area contributed by atoms with Gasteiger partial charge in [-0.15, -0.1) is 11.3 Å². The largest absolute Gasteiger partial charge is 0.487 e. The summed E-state index contributed by atoms with van der Waals surface area (Å²) < 4.78 is 10.9. The highest BCUT2D eigenvalue weighted by molar-refractivity contribution is 7.09. The van der Waals surface area contributed by atoms with E-state index in [0.29, 0.717) is 18.9 Å². The van der Waals surface area contributed by atoms with Gasteiger partial charge in [-0.1, -0.05) is 12.1 Å². The van der Waals surface area contributed by atoms with E-state index in [1.165, 1.54) is 11.0 Å². The van der Waals surface area contributed by atoms with E-state index in [4.69, 9.17) is 14.6 Å². The lowest BCUT2D eigenvalue weighted by atomic mass is 10.2. The van der Waals surface area contributed by atoms with Crippen molar-refractivity contribution in [2.45, 2.75) is 19.6 Å². The molecule has 1 unspecified atom stereocenters. The Morgan fingerprint density at radius 2 is 2.33 bits per heavy atom. The number of aliphatic carboxylic acids is 1. The van der Waals surface area contributed by atoms with Gasteiger partial charge in [0, 0.05) is 18.0 Å². The predicted molar refractivity (Wildman–Crippen MR) is 101 cm³/mol. The number of hydrogen-bond acceptors (Lipinski definition) is 6. The van der Waals surface area contributed by atoms with Gasteiger partial charge in [-0.05, 0) is 30.7 Å². The summed E-state index contributed by atoms with van der Waals surface area (Å²) in [5, 5.41) is 12.0. The minimum atomic E-state index is -1.06. The Morgan fingerprint density at radius 1 is 1.48 bits per heavy atom. The minimum absolute atomic E-state index is 0.0503. The number of hydrogen-bond donors (Lipinski definition) is 1. The molecule has 1 atom stereocenters. The zero-order valence-corrected chi connectivity index (χ0v) is 15.6. The van der Waals surface area contributed by atoms with Crippen molar-refractivity contribution in [2.24, 2.45) is 0 Å². The summed E-state index contributed by atoms with van der Waals surface area (Å²) in [6.45, 7) is 2.98. The molecule has 7 nitrogen and oxygen atoms in total. The molecule has 1 aromatic carbocycles. The van der Waals surface area contributed by atoms with E-state index in [0.717, 1.165) is 16.3 Å². The first-order valence-corrected chi connectivity index (χ1v) is 9.34. The second kappa shape index (κ2) is 8.79. The Morgan fingerprint density at radius 3 is 3.07 bits per heavy atom. The third kappa shape index (κ3) is 5.38. The SMILES string of the molecule is Cc1nc(COc2cccc(C=CC(=O)N3CCOC(C(=O)O)C3)c2)cs1. The van der Waals surface area contributed by atoms with Crippen LogP contribution in [0.2, 0.25) is 0 Å². The van der Waals surface area contributed by atoms with Crippen molar-refractivity contribution in [3.05, 3.63) is 52.0 Å². The molecule has 142 valence electrons. The lowest BCUT2D eigenvalue weighted by Crippen LogP contribution is -2.48. The van der Waals surface area contributed by atoms with Crippen LogP contribution in [0.3, 0.4) is 0 Å². The summed E-state index contributed by atoms with van der Waals surface area (Å²) in [6.07, 6.45) is 2.16. The maximum atomic E-state index is 12.3.